The number of halogens is 3. The Balaban J connectivity index is 5.89. The summed E-state index contributed by atoms with van der Waals surface area (Å²) in [5.74, 6) is -1.27. The quantitative estimate of drug-likeness (QED) is 0.257. The lowest BCUT2D eigenvalue weighted by atomic mass is 10.1. The highest BCUT2D eigenvalue weighted by molar-refractivity contribution is 5.92. The summed E-state index contributed by atoms with van der Waals surface area (Å²) >= 11 is 0. The number of hydrogen-bond acceptors (Lipinski definition) is 4. The molecular formula is C12H16F3NO4. The van der Waals surface area contributed by atoms with Crippen molar-refractivity contribution in [3.05, 3.63) is 23.1 Å². The molecule has 0 atom stereocenters. The highest BCUT2D eigenvalue weighted by atomic mass is 19.4. The summed E-state index contributed by atoms with van der Waals surface area (Å²) in [6.07, 6.45) is -4.00. The molecule has 0 aromatic heterocycles. The molecule has 8 heteroatoms. The Labute approximate surface area is 114 Å². The summed E-state index contributed by atoms with van der Waals surface area (Å²) in [7, 11) is 0. The van der Waals surface area contributed by atoms with E-state index in [-0.39, 0.29) is 25.2 Å². The Morgan fingerprint density at radius 1 is 1.25 bits per heavy atom. The molecule has 5 nitrogen and oxygen atoms in total. The minimum absolute atomic E-state index is 0.0219. The van der Waals surface area contributed by atoms with Gasteiger partial charge in [-0.05, 0) is 26.3 Å². The number of hydrogen-bond donors (Lipinski definition) is 1. The van der Waals surface area contributed by atoms with Crippen LogP contribution in [0.4, 0.5) is 13.2 Å². The molecule has 0 bridgehead atoms. The highest BCUT2D eigenvalue weighted by Gasteiger charge is 2.40. The summed E-state index contributed by atoms with van der Waals surface area (Å²) in [5.41, 5.74) is -2.63. The van der Waals surface area contributed by atoms with E-state index in [9.17, 15) is 22.8 Å². The van der Waals surface area contributed by atoms with Crippen LogP contribution in [0, 0.1) is 0 Å². The molecule has 0 heterocycles. The molecule has 0 spiro atoms. The van der Waals surface area contributed by atoms with Gasteiger partial charge in [-0.15, -0.1) is 0 Å². The minimum atomic E-state index is -4.85. The molecule has 0 aromatic carbocycles. The van der Waals surface area contributed by atoms with Gasteiger partial charge in [0.15, 0.2) is 0 Å². The van der Waals surface area contributed by atoms with Crippen LogP contribution >= 0.6 is 0 Å². The number of amides is 1. The Kier molecular flexibility index (Phi) is 7.42. The molecule has 0 aliphatic carbocycles. The largest absolute Gasteiger partial charge is 0.501 e. The topological polar surface area (TPSA) is 64.6 Å². The average molecular weight is 295 g/mol. The molecule has 1 N–H and O–H groups in total. The number of carbonyl (C=O) groups excluding carboxylic acids is 2. The summed E-state index contributed by atoms with van der Waals surface area (Å²) in [5, 5.41) is 1.74. The van der Waals surface area contributed by atoms with Gasteiger partial charge in [0.05, 0.1) is 25.0 Å². The molecule has 114 valence electrons. The Hall–Kier alpha value is -1.99. The number of allylic oxidation sites excluding steroid dienone is 2. The van der Waals surface area contributed by atoms with Crippen molar-refractivity contribution in [3.8, 4) is 0 Å². The number of carbonyl (C=O) groups is 2. The van der Waals surface area contributed by atoms with Gasteiger partial charge in [-0.3, -0.25) is 4.79 Å². The van der Waals surface area contributed by atoms with Crippen LogP contribution in [0.15, 0.2) is 23.1 Å². The van der Waals surface area contributed by atoms with Gasteiger partial charge in [0, 0.05) is 0 Å². The molecule has 0 aliphatic rings. The van der Waals surface area contributed by atoms with Crippen molar-refractivity contribution in [2.24, 2.45) is 0 Å². The molecule has 0 saturated carbocycles. The zero-order valence-corrected chi connectivity index (χ0v) is 11.3. The minimum Gasteiger partial charge on any atom is -0.501 e. The van der Waals surface area contributed by atoms with E-state index < -0.39 is 23.4 Å². The first-order valence-electron chi connectivity index (χ1n) is 5.77. The lowest BCUT2D eigenvalue weighted by Gasteiger charge is -2.17. The van der Waals surface area contributed by atoms with Crippen molar-refractivity contribution in [1.29, 1.82) is 0 Å². The van der Waals surface area contributed by atoms with Crippen molar-refractivity contribution in [2.45, 2.75) is 26.9 Å². The Bertz CT molecular complexity index is 413. The second kappa shape index (κ2) is 8.23. The van der Waals surface area contributed by atoms with E-state index >= 15 is 0 Å². The zero-order chi connectivity index (χ0) is 15.8. The van der Waals surface area contributed by atoms with Crippen LogP contribution in [0.3, 0.4) is 0 Å². The van der Waals surface area contributed by atoms with Crippen molar-refractivity contribution in [1.82, 2.24) is 5.32 Å². The van der Waals surface area contributed by atoms with Gasteiger partial charge >= 0.3 is 12.1 Å². The fourth-order valence-corrected chi connectivity index (χ4v) is 1.33. The van der Waals surface area contributed by atoms with E-state index in [1.807, 2.05) is 0 Å². The maximum atomic E-state index is 13.1. The summed E-state index contributed by atoms with van der Waals surface area (Å²) < 4.78 is 48.4. The second-order valence-corrected chi connectivity index (χ2v) is 3.49. The van der Waals surface area contributed by atoms with Crippen molar-refractivity contribution in [3.63, 3.8) is 0 Å². The van der Waals surface area contributed by atoms with Crippen LogP contribution in [-0.2, 0) is 19.1 Å². The number of rotatable bonds is 7. The first-order chi connectivity index (χ1) is 9.29. The number of alkyl halides is 3. The van der Waals surface area contributed by atoms with Gasteiger partial charge in [0.1, 0.15) is 5.70 Å². The molecule has 0 radical (unpaired) electrons. The van der Waals surface area contributed by atoms with Crippen molar-refractivity contribution in [2.75, 3.05) is 13.2 Å². The summed E-state index contributed by atoms with van der Waals surface area (Å²) in [6, 6.07) is 0. The normalized spacial score (nSPS) is 13.4. The maximum Gasteiger partial charge on any atom is 0.419 e. The van der Waals surface area contributed by atoms with Crippen LogP contribution in [0.5, 0.6) is 0 Å². The molecule has 0 aliphatic heterocycles. The van der Waals surface area contributed by atoms with Gasteiger partial charge < -0.3 is 14.8 Å². The fraction of sp³-hybridized carbons (Fsp3) is 0.500. The molecule has 1 amide bonds. The molecule has 20 heavy (non-hydrogen) atoms. The lowest BCUT2D eigenvalue weighted by molar-refractivity contribution is -0.140. The predicted octanol–water partition coefficient (Wildman–Crippen LogP) is 2.05. The van der Waals surface area contributed by atoms with E-state index in [0.29, 0.717) is 0 Å². The fourth-order valence-electron chi connectivity index (χ4n) is 1.33. The third-order valence-electron chi connectivity index (χ3n) is 2.04. The van der Waals surface area contributed by atoms with E-state index in [2.05, 4.69) is 4.74 Å². The first-order valence-corrected chi connectivity index (χ1v) is 5.77. The summed E-state index contributed by atoms with van der Waals surface area (Å²) in [6.45, 7) is 4.19. The van der Waals surface area contributed by atoms with Crippen LogP contribution in [0.2, 0.25) is 0 Å². The maximum absolute atomic E-state index is 13.1. The second-order valence-electron chi connectivity index (χ2n) is 3.49. The van der Waals surface area contributed by atoms with Gasteiger partial charge in [0.25, 0.3) is 0 Å². The average Bonchev–Trinajstić information content (AvgIpc) is 2.34. The van der Waals surface area contributed by atoms with E-state index in [4.69, 9.17) is 4.74 Å². The number of esters is 1. The summed E-state index contributed by atoms with van der Waals surface area (Å²) in [4.78, 5) is 22.0. The van der Waals surface area contributed by atoms with Crippen LogP contribution < -0.4 is 5.32 Å². The molecule has 0 aromatic rings. The third-order valence-corrected chi connectivity index (χ3v) is 2.04. The zero-order valence-electron chi connectivity index (χ0n) is 11.3. The van der Waals surface area contributed by atoms with Gasteiger partial charge in [-0.2, -0.15) is 13.2 Å². The van der Waals surface area contributed by atoms with Crippen LogP contribution in [0.1, 0.15) is 20.8 Å². The third kappa shape index (κ3) is 5.33. The van der Waals surface area contributed by atoms with Crippen molar-refractivity contribution >= 4 is 12.4 Å². The molecule has 0 fully saturated rings. The van der Waals surface area contributed by atoms with Crippen LogP contribution in [-0.4, -0.2) is 31.8 Å². The number of nitrogens with one attached hydrogen (secondary N) is 1. The van der Waals surface area contributed by atoms with Gasteiger partial charge in [-0.25, -0.2) is 4.79 Å². The van der Waals surface area contributed by atoms with Gasteiger partial charge in [0.2, 0.25) is 6.41 Å². The molecular weight excluding hydrogens is 279 g/mol. The number of ether oxygens (including phenoxy) is 2. The molecule has 0 rings (SSSR count). The monoisotopic (exact) mass is 295 g/mol. The van der Waals surface area contributed by atoms with Crippen LogP contribution in [0.25, 0.3) is 0 Å². The van der Waals surface area contributed by atoms with E-state index in [1.165, 1.54) is 6.92 Å². The molecule has 0 unspecified atom stereocenters. The Morgan fingerprint density at radius 3 is 2.25 bits per heavy atom. The van der Waals surface area contributed by atoms with E-state index in [0.717, 1.165) is 13.2 Å². The predicted molar refractivity (Wildman–Crippen MR) is 64.3 cm³/mol. The highest BCUT2D eigenvalue weighted by Crippen LogP contribution is 2.33. The lowest BCUT2D eigenvalue weighted by Crippen LogP contribution is -2.29. The van der Waals surface area contributed by atoms with E-state index in [1.54, 1.807) is 12.2 Å². The Morgan fingerprint density at radius 2 is 1.85 bits per heavy atom. The molecule has 0 saturated heterocycles. The van der Waals surface area contributed by atoms with Gasteiger partial charge in [-0.1, -0.05) is 0 Å². The standard InChI is InChI=1S/C12H16F3NO4/c1-4-19-6-8(3)9(12(13,14)15)10(16-7-17)11(18)20-5-2/h6-7H,4-5H2,1-3H3,(H,16,17)/b8-6+,10-9-. The van der Waals surface area contributed by atoms with Crippen molar-refractivity contribution < 1.29 is 32.2 Å². The SMILES string of the molecule is CCO/C=C(C)/C(=C(/NC=O)C(=O)OCC)C(F)(F)F. The first kappa shape index (κ1) is 18.0. The smallest absolute Gasteiger partial charge is 0.419 e.